The van der Waals surface area contributed by atoms with Crippen LogP contribution in [-0.4, -0.2) is 43.6 Å². The van der Waals surface area contributed by atoms with Crippen LogP contribution in [0.4, 0.5) is 5.69 Å². The highest BCUT2D eigenvalue weighted by Gasteiger charge is 2.61. The van der Waals surface area contributed by atoms with E-state index in [1.807, 2.05) is 19.1 Å². The average molecular weight is 475 g/mol. The highest BCUT2D eigenvalue weighted by atomic mass is 16.5. The number of fused-ring (bicyclic) bond motifs is 1. The van der Waals surface area contributed by atoms with Gasteiger partial charge in [-0.1, -0.05) is 55.5 Å². The summed E-state index contributed by atoms with van der Waals surface area (Å²) in [5.41, 5.74) is 4.96. The number of benzene rings is 2. The van der Waals surface area contributed by atoms with Crippen LogP contribution in [0.25, 0.3) is 0 Å². The van der Waals surface area contributed by atoms with Gasteiger partial charge in [0.15, 0.2) is 0 Å². The van der Waals surface area contributed by atoms with Crippen LogP contribution >= 0.6 is 0 Å². The van der Waals surface area contributed by atoms with Gasteiger partial charge in [-0.25, -0.2) is 4.79 Å². The Hall–Kier alpha value is -3.12. The van der Waals surface area contributed by atoms with E-state index in [0.717, 1.165) is 30.9 Å². The summed E-state index contributed by atoms with van der Waals surface area (Å²) < 4.78 is 10.4. The zero-order chi connectivity index (χ0) is 24.6. The third kappa shape index (κ3) is 3.84. The highest BCUT2D eigenvalue weighted by molar-refractivity contribution is 5.93. The standard InChI is InChI=1S/C29H34N2O4/c1-4-20(27(32)34-2)16-21-17-22(28(33)35-3)25-29(23-12-8-9-13-24(23)30-25)14-15-31(26(21)29)18-19-10-6-5-7-11-19/h5-13,20-21,26,30H,4,14-18H2,1-3H3/t20-,21-,26+,29+/m1/s1. The van der Waals surface area contributed by atoms with E-state index in [9.17, 15) is 9.59 Å². The van der Waals surface area contributed by atoms with Gasteiger partial charge in [-0.3, -0.25) is 9.69 Å². The van der Waals surface area contributed by atoms with Crippen molar-refractivity contribution in [2.24, 2.45) is 11.8 Å². The Kier molecular flexibility index (Phi) is 6.41. The first kappa shape index (κ1) is 23.6. The first-order valence-corrected chi connectivity index (χ1v) is 12.6. The Morgan fingerprint density at radius 3 is 2.54 bits per heavy atom. The summed E-state index contributed by atoms with van der Waals surface area (Å²) in [5.74, 6) is -0.549. The van der Waals surface area contributed by atoms with Crippen molar-refractivity contribution in [2.75, 3.05) is 26.1 Å². The fraction of sp³-hybridized carbons (Fsp3) is 0.448. The molecule has 0 unspecified atom stereocenters. The third-order valence-electron chi connectivity index (χ3n) is 8.29. The summed E-state index contributed by atoms with van der Waals surface area (Å²) in [4.78, 5) is 28.3. The largest absolute Gasteiger partial charge is 0.469 e. The molecule has 0 radical (unpaired) electrons. The van der Waals surface area contributed by atoms with Crippen LogP contribution < -0.4 is 5.32 Å². The summed E-state index contributed by atoms with van der Waals surface area (Å²) in [5, 5.41) is 3.63. The van der Waals surface area contributed by atoms with E-state index in [4.69, 9.17) is 9.47 Å². The average Bonchev–Trinajstić information content (AvgIpc) is 3.44. The van der Waals surface area contributed by atoms with Gasteiger partial charge < -0.3 is 14.8 Å². The minimum Gasteiger partial charge on any atom is -0.469 e. The lowest BCUT2D eigenvalue weighted by Crippen LogP contribution is -2.52. The van der Waals surface area contributed by atoms with Gasteiger partial charge in [-0.05, 0) is 48.8 Å². The quantitative estimate of drug-likeness (QED) is 0.589. The number of nitrogens with one attached hydrogen (secondary N) is 1. The van der Waals surface area contributed by atoms with Crippen LogP contribution in [0, 0.1) is 11.8 Å². The molecule has 1 fully saturated rings. The van der Waals surface area contributed by atoms with E-state index in [2.05, 4.69) is 52.7 Å². The van der Waals surface area contributed by atoms with Gasteiger partial charge in [0.2, 0.25) is 0 Å². The van der Waals surface area contributed by atoms with Gasteiger partial charge in [0.1, 0.15) is 0 Å². The van der Waals surface area contributed by atoms with Crippen LogP contribution in [0.1, 0.15) is 43.7 Å². The lowest BCUT2D eigenvalue weighted by Gasteiger charge is -2.46. The molecule has 0 saturated carbocycles. The van der Waals surface area contributed by atoms with Crippen molar-refractivity contribution in [1.82, 2.24) is 4.90 Å². The van der Waals surface area contributed by atoms with Gasteiger partial charge in [0.05, 0.1) is 31.1 Å². The van der Waals surface area contributed by atoms with Crippen molar-refractivity contribution in [3.63, 3.8) is 0 Å². The normalized spacial score (nSPS) is 25.8. The molecule has 6 nitrogen and oxygen atoms in total. The monoisotopic (exact) mass is 474 g/mol. The number of anilines is 1. The van der Waals surface area contributed by atoms with Gasteiger partial charge in [0.25, 0.3) is 0 Å². The van der Waals surface area contributed by atoms with Gasteiger partial charge in [0, 0.05) is 30.5 Å². The fourth-order valence-corrected chi connectivity index (χ4v) is 6.85. The third-order valence-corrected chi connectivity index (χ3v) is 8.29. The van der Waals surface area contributed by atoms with Crippen LogP contribution in [0.15, 0.2) is 65.9 Å². The molecule has 5 rings (SSSR count). The summed E-state index contributed by atoms with van der Waals surface area (Å²) >= 11 is 0. The molecule has 1 aliphatic carbocycles. The molecule has 0 aromatic heterocycles. The second-order valence-corrected chi connectivity index (χ2v) is 9.97. The molecule has 35 heavy (non-hydrogen) atoms. The first-order valence-electron chi connectivity index (χ1n) is 12.6. The lowest BCUT2D eigenvalue weighted by molar-refractivity contribution is -0.146. The highest BCUT2D eigenvalue weighted by Crippen LogP contribution is 2.60. The number of hydrogen-bond donors (Lipinski definition) is 1. The summed E-state index contributed by atoms with van der Waals surface area (Å²) in [6.07, 6.45) is 2.88. The molecular weight excluding hydrogens is 440 g/mol. The van der Waals surface area contributed by atoms with Gasteiger partial charge in [-0.15, -0.1) is 0 Å². The van der Waals surface area contributed by atoms with E-state index in [0.29, 0.717) is 24.8 Å². The van der Waals surface area contributed by atoms with Crippen molar-refractivity contribution >= 4 is 17.6 Å². The zero-order valence-electron chi connectivity index (χ0n) is 20.8. The molecule has 0 amide bonds. The number of nitrogens with zero attached hydrogens (tertiary/aromatic N) is 1. The number of ether oxygens (including phenoxy) is 2. The molecule has 184 valence electrons. The summed E-state index contributed by atoms with van der Waals surface area (Å²) in [6.45, 7) is 3.78. The van der Waals surface area contributed by atoms with Crippen molar-refractivity contribution < 1.29 is 19.1 Å². The lowest BCUT2D eigenvalue weighted by atomic mass is 9.61. The number of hydrogen-bond acceptors (Lipinski definition) is 6. The molecule has 3 aliphatic rings. The predicted octanol–water partition coefficient (Wildman–Crippen LogP) is 4.66. The van der Waals surface area contributed by atoms with Crippen molar-refractivity contribution in [1.29, 1.82) is 0 Å². The molecule has 1 N–H and O–H groups in total. The van der Waals surface area contributed by atoms with E-state index in [-0.39, 0.29) is 35.2 Å². The van der Waals surface area contributed by atoms with E-state index < -0.39 is 0 Å². The Balaban J connectivity index is 1.64. The Morgan fingerprint density at radius 1 is 1.09 bits per heavy atom. The molecule has 2 heterocycles. The minimum absolute atomic E-state index is 0.107. The number of likely N-dealkylation sites (tertiary alicyclic amines) is 1. The second-order valence-electron chi connectivity index (χ2n) is 9.97. The summed E-state index contributed by atoms with van der Waals surface area (Å²) in [7, 11) is 2.91. The molecule has 6 heteroatoms. The number of carbonyl (C=O) groups is 2. The minimum atomic E-state index is -0.327. The maximum atomic E-state index is 13.1. The molecule has 1 spiro atoms. The van der Waals surface area contributed by atoms with E-state index >= 15 is 0 Å². The van der Waals surface area contributed by atoms with Crippen molar-refractivity contribution in [3.05, 3.63) is 77.0 Å². The van der Waals surface area contributed by atoms with Gasteiger partial charge >= 0.3 is 11.9 Å². The number of methoxy groups -OCH3 is 2. The number of esters is 2. The molecule has 4 atom stereocenters. The zero-order valence-corrected chi connectivity index (χ0v) is 20.8. The molecule has 2 aromatic rings. The Morgan fingerprint density at radius 2 is 1.83 bits per heavy atom. The van der Waals surface area contributed by atoms with Crippen LogP contribution in [0.3, 0.4) is 0 Å². The molecular formula is C29H34N2O4. The maximum Gasteiger partial charge on any atom is 0.335 e. The SMILES string of the molecule is CC[C@H](C[C@@H]1CC(C(=O)OC)=C2Nc3ccccc3[C@@]23CCN(Cc2ccccc2)[C@@H]13)C(=O)OC. The van der Waals surface area contributed by atoms with Crippen molar-refractivity contribution in [2.45, 2.75) is 50.6 Å². The fourth-order valence-electron chi connectivity index (χ4n) is 6.85. The topological polar surface area (TPSA) is 67.9 Å². The van der Waals surface area contributed by atoms with Crippen molar-refractivity contribution in [3.8, 4) is 0 Å². The molecule has 2 aliphatic heterocycles. The number of rotatable bonds is 7. The summed E-state index contributed by atoms with van der Waals surface area (Å²) in [6, 6.07) is 19.1. The first-order chi connectivity index (χ1) is 17.0. The number of para-hydroxylation sites is 1. The smallest absolute Gasteiger partial charge is 0.335 e. The molecule has 1 saturated heterocycles. The van der Waals surface area contributed by atoms with E-state index in [1.54, 1.807) is 0 Å². The number of carbonyl (C=O) groups excluding carboxylic acids is 2. The Labute approximate surface area is 207 Å². The van der Waals surface area contributed by atoms with Crippen LogP contribution in [-0.2, 0) is 31.0 Å². The molecule has 2 aromatic carbocycles. The van der Waals surface area contributed by atoms with Crippen LogP contribution in [0.5, 0.6) is 0 Å². The predicted molar refractivity (Wildman–Crippen MR) is 135 cm³/mol. The van der Waals surface area contributed by atoms with Gasteiger partial charge in [-0.2, -0.15) is 0 Å². The molecule has 0 bridgehead atoms. The Bertz CT molecular complexity index is 1140. The van der Waals surface area contributed by atoms with Crippen LogP contribution in [0.2, 0.25) is 0 Å². The second kappa shape index (κ2) is 9.50. The van der Waals surface area contributed by atoms with E-state index in [1.165, 1.54) is 25.3 Å². The maximum absolute atomic E-state index is 13.1.